The molecule has 1 aliphatic carbocycles. The first-order chi connectivity index (χ1) is 12.6. The molecule has 27 heavy (non-hydrogen) atoms. The Labute approximate surface area is 157 Å². The van der Waals surface area contributed by atoms with Crippen LogP contribution in [0.5, 0.6) is 0 Å². The molecule has 0 N–H and O–H groups in total. The van der Waals surface area contributed by atoms with E-state index in [1.807, 2.05) is 0 Å². The molecule has 1 aliphatic rings. The van der Waals surface area contributed by atoms with Gasteiger partial charge in [-0.1, -0.05) is 24.6 Å². The molecule has 8 heteroatoms. The summed E-state index contributed by atoms with van der Waals surface area (Å²) in [5.74, 6) is -2.98. The highest BCUT2D eigenvalue weighted by molar-refractivity contribution is 6.31. The SMILES string of the molecule is CC(CC(=O)c1c(F)cccc1F)C1(c2ncc(C(F)(F)F)cc2Cl)CC1. The van der Waals surface area contributed by atoms with Crippen molar-refractivity contribution in [1.82, 2.24) is 4.98 Å². The highest BCUT2D eigenvalue weighted by atomic mass is 35.5. The zero-order valence-corrected chi connectivity index (χ0v) is 15.0. The van der Waals surface area contributed by atoms with Crippen LogP contribution in [0.4, 0.5) is 22.0 Å². The topological polar surface area (TPSA) is 30.0 Å². The summed E-state index contributed by atoms with van der Waals surface area (Å²) in [4.78, 5) is 16.3. The van der Waals surface area contributed by atoms with E-state index in [1.54, 1.807) is 6.92 Å². The van der Waals surface area contributed by atoms with Gasteiger partial charge in [0.15, 0.2) is 5.78 Å². The van der Waals surface area contributed by atoms with E-state index in [9.17, 15) is 26.7 Å². The molecule has 1 atom stereocenters. The number of benzene rings is 1. The lowest BCUT2D eigenvalue weighted by Gasteiger charge is -2.24. The molecular formula is C19H15ClF5NO. The quantitative estimate of drug-likeness (QED) is 0.454. The van der Waals surface area contributed by atoms with Crippen LogP contribution in [0.3, 0.4) is 0 Å². The Morgan fingerprint density at radius 1 is 1.26 bits per heavy atom. The third-order valence-electron chi connectivity index (χ3n) is 5.11. The first-order valence-electron chi connectivity index (χ1n) is 8.26. The second-order valence-corrected chi connectivity index (χ2v) is 7.24. The summed E-state index contributed by atoms with van der Waals surface area (Å²) in [6.45, 7) is 1.71. The molecule has 144 valence electrons. The first-order valence-corrected chi connectivity index (χ1v) is 8.64. The Morgan fingerprint density at radius 2 is 1.85 bits per heavy atom. The number of carbonyl (C=O) groups excluding carboxylic acids is 1. The molecule has 0 spiro atoms. The largest absolute Gasteiger partial charge is 0.417 e. The standard InChI is InChI=1S/C19H15ClF5NO/c1-10(7-15(27)16-13(21)3-2-4-14(16)22)18(5-6-18)17-12(20)8-11(9-26-17)19(23,24)25/h2-4,8-10H,5-7H2,1H3. The van der Waals surface area contributed by atoms with E-state index < -0.39 is 46.1 Å². The van der Waals surface area contributed by atoms with Crippen molar-refractivity contribution < 1.29 is 26.7 Å². The van der Waals surface area contributed by atoms with Gasteiger partial charge in [0.1, 0.15) is 11.6 Å². The van der Waals surface area contributed by atoms with Gasteiger partial charge in [-0.15, -0.1) is 0 Å². The van der Waals surface area contributed by atoms with Crippen LogP contribution in [0.1, 0.15) is 47.8 Å². The van der Waals surface area contributed by atoms with Crippen LogP contribution in [0.15, 0.2) is 30.5 Å². The van der Waals surface area contributed by atoms with E-state index in [0.717, 1.165) is 18.2 Å². The summed E-state index contributed by atoms with van der Waals surface area (Å²) >= 11 is 6.04. The molecule has 2 aromatic rings. The summed E-state index contributed by atoms with van der Waals surface area (Å²) in [5.41, 5.74) is -1.94. The zero-order chi connectivity index (χ0) is 20.0. The van der Waals surface area contributed by atoms with Crippen molar-refractivity contribution in [3.8, 4) is 0 Å². The fourth-order valence-corrected chi connectivity index (χ4v) is 3.75. The van der Waals surface area contributed by atoms with Gasteiger partial charge in [0.05, 0.1) is 21.8 Å². The van der Waals surface area contributed by atoms with E-state index >= 15 is 0 Å². The average molecular weight is 404 g/mol. The molecule has 0 saturated heterocycles. The lowest BCUT2D eigenvalue weighted by atomic mass is 9.82. The summed E-state index contributed by atoms with van der Waals surface area (Å²) in [6.07, 6.45) is -2.85. The maximum absolute atomic E-state index is 13.8. The average Bonchev–Trinajstić information content (AvgIpc) is 3.35. The normalized spacial score (nSPS) is 16.9. The number of aromatic nitrogens is 1. The predicted molar refractivity (Wildman–Crippen MR) is 89.6 cm³/mol. The van der Waals surface area contributed by atoms with E-state index in [1.165, 1.54) is 6.07 Å². The molecule has 2 nitrogen and oxygen atoms in total. The smallest absolute Gasteiger partial charge is 0.294 e. The van der Waals surface area contributed by atoms with Gasteiger partial charge in [-0.25, -0.2) is 8.78 Å². The van der Waals surface area contributed by atoms with E-state index in [-0.39, 0.29) is 17.1 Å². The monoisotopic (exact) mass is 403 g/mol. The molecule has 1 heterocycles. The zero-order valence-electron chi connectivity index (χ0n) is 14.2. The maximum Gasteiger partial charge on any atom is 0.417 e. The Bertz CT molecular complexity index is 872. The minimum atomic E-state index is -4.56. The third kappa shape index (κ3) is 3.70. The molecule has 0 amide bonds. The fraction of sp³-hybridized carbons (Fsp3) is 0.368. The van der Waals surface area contributed by atoms with Gasteiger partial charge in [0.2, 0.25) is 0 Å². The summed E-state index contributed by atoms with van der Waals surface area (Å²) in [5, 5.41) is -0.126. The second kappa shape index (κ2) is 6.86. The Kier molecular flexibility index (Phi) is 5.01. The van der Waals surface area contributed by atoms with E-state index in [0.29, 0.717) is 19.0 Å². The van der Waals surface area contributed by atoms with Crippen LogP contribution in [-0.2, 0) is 11.6 Å². The molecule has 0 aliphatic heterocycles. The number of alkyl halides is 3. The molecule has 0 bridgehead atoms. The number of hydrogen-bond donors (Lipinski definition) is 0. The van der Waals surface area contributed by atoms with Crippen molar-refractivity contribution in [2.75, 3.05) is 0 Å². The number of Topliss-reactive ketones (excluding diaryl/α,β-unsaturated/α-hetero) is 1. The fourth-order valence-electron chi connectivity index (χ4n) is 3.40. The maximum atomic E-state index is 13.8. The van der Waals surface area contributed by atoms with Crippen LogP contribution in [0, 0.1) is 17.6 Å². The van der Waals surface area contributed by atoms with Gasteiger partial charge in [0.25, 0.3) is 0 Å². The van der Waals surface area contributed by atoms with Gasteiger partial charge in [0, 0.05) is 18.0 Å². The highest BCUT2D eigenvalue weighted by Gasteiger charge is 2.52. The van der Waals surface area contributed by atoms with Crippen molar-refractivity contribution in [3.05, 3.63) is 63.9 Å². The summed E-state index contributed by atoms with van der Waals surface area (Å²) < 4.78 is 66.0. The van der Waals surface area contributed by atoms with Crippen LogP contribution in [0.25, 0.3) is 0 Å². The minimum Gasteiger partial charge on any atom is -0.294 e. The summed E-state index contributed by atoms with van der Waals surface area (Å²) in [7, 11) is 0. The lowest BCUT2D eigenvalue weighted by molar-refractivity contribution is -0.137. The van der Waals surface area contributed by atoms with E-state index in [2.05, 4.69) is 4.98 Å². The molecule has 1 aromatic carbocycles. The van der Waals surface area contributed by atoms with Crippen molar-refractivity contribution in [3.63, 3.8) is 0 Å². The second-order valence-electron chi connectivity index (χ2n) is 6.83. The van der Waals surface area contributed by atoms with Gasteiger partial charge in [-0.05, 0) is 37.0 Å². The number of ketones is 1. The predicted octanol–water partition coefficient (Wildman–Crippen LogP) is 5.97. The minimum absolute atomic E-state index is 0.126. The molecule has 0 radical (unpaired) electrons. The summed E-state index contributed by atoms with van der Waals surface area (Å²) in [6, 6.07) is 3.98. The number of rotatable bonds is 5. The van der Waals surface area contributed by atoms with Crippen LogP contribution in [-0.4, -0.2) is 10.8 Å². The Morgan fingerprint density at radius 3 is 2.33 bits per heavy atom. The van der Waals surface area contributed by atoms with Crippen molar-refractivity contribution >= 4 is 17.4 Å². The number of nitrogens with zero attached hydrogens (tertiary/aromatic N) is 1. The van der Waals surface area contributed by atoms with E-state index in [4.69, 9.17) is 11.6 Å². The number of hydrogen-bond acceptors (Lipinski definition) is 2. The molecule has 1 fully saturated rings. The van der Waals surface area contributed by atoms with Gasteiger partial charge in [-0.2, -0.15) is 13.2 Å². The molecule has 3 rings (SSSR count). The molecule has 1 saturated carbocycles. The van der Waals surface area contributed by atoms with Gasteiger partial charge in [-0.3, -0.25) is 9.78 Å². The number of halogens is 6. The first kappa shape index (κ1) is 19.7. The highest BCUT2D eigenvalue weighted by Crippen LogP contribution is 2.56. The Balaban J connectivity index is 1.85. The van der Waals surface area contributed by atoms with Crippen LogP contribution in [0.2, 0.25) is 5.02 Å². The van der Waals surface area contributed by atoms with Crippen molar-refractivity contribution in [2.24, 2.45) is 5.92 Å². The van der Waals surface area contributed by atoms with Crippen molar-refractivity contribution in [2.45, 2.75) is 37.8 Å². The Hall–Kier alpha value is -2.02. The van der Waals surface area contributed by atoms with Crippen molar-refractivity contribution in [1.29, 1.82) is 0 Å². The molecule has 1 aromatic heterocycles. The van der Waals surface area contributed by atoms with Gasteiger partial charge >= 0.3 is 6.18 Å². The number of carbonyl (C=O) groups is 1. The van der Waals surface area contributed by atoms with Crippen LogP contribution < -0.4 is 0 Å². The third-order valence-corrected chi connectivity index (χ3v) is 5.39. The van der Waals surface area contributed by atoms with Crippen LogP contribution >= 0.6 is 11.6 Å². The molecule has 1 unspecified atom stereocenters. The van der Waals surface area contributed by atoms with Gasteiger partial charge < -0.3 is 0 Å². The molecular weight excluding hydrogens is 389 g/mol. The number of pyridine rings is 1. The lowest BCUT2D eigenvalue weighted by Crippen LogP contribution is -2.24.